The Morgan fingerprint density at radius 3 is 2.67 bits per heavy atom. The number of halogens is 3. The molecular weight excluding hydrogens is 281 g/mol. The Balaban J connectivity index is 2.04. The molecule has 0 saturated heterocycles. The molecule has 0 saturated carbocycles. The number of nitrogens with one attached hydrogen (secondary N) is 2. The molecule has 112 valence electrons. The van der Waals surface area contributed by atoms with E-state index in [4.69, 9.17) is 0 Å². The van der Waals surface area contributed by atoms with E-state index in [1.807, 2.05) is 6.92 Å². The highest BCUT2D eigenvalue weighted by molar-refractivity contribution is 5.40. The summed E-state index contributed by atoms with van der Waals surface area (Å²) in [5.41, 5.74) is -0.119. The minimum absolute atomic E-state index is 0.256. The summed E-state index contributed by atoms with van der Waals surface area (Å²) >= 11 is 0. The summed E-state index contributed by atoms with van der Waals surface area (Å²) in [5.74, 6) is 1.03. The predicted octanol–water partition coefficient (Wildman–Crippen LogP) is 3.54. The van der Waals surface area contributed by atoms with E-state index >= 15 is 0 Å². The molecule has 0 bridgehead atoms. The van der Waals surface area contributed by atoms with E-state index in [1.54, 1.807) is 18.3 Å². The van der Waals surface area contributed by atoms with Gasteiger partial charge in [0, 0.05) is 19.3 Å². The second-order valence-corrected chi connectivity index (χ2v) is 4.35. The fraction of sp³-hybridized carbons (Fsp3) is 0.286. The van der Waals surface area contributed by atoms with Crippen molar-refractivity contribution in [2.75, 3.05) is 17.2 Å². The lowest BCUT2D eigenvalue weighted by Gasteiger charge is -2.10. The lowest BCUT2D eigenvalue weighted by molar-refractivity contribution is -0.137. The minimum atomic E-state index is -4.33. The van der Waals surface area contributed by atoms with Crippen LogP contribution in [0, 0.1) is 0 Å². The van der Waals surface area contributed by atoms with Gasteiger partial charge in [0.1, 0.15) is 5.82 Å². The summed E-state index contributed by atoms with van der Waals surface area (Å²) in [6, 6.07) is 6.86. The number of anilines is 2. The molecule has 1 aromatic carbocycles. The Labute approximate surface area is 120 Å². The molecule has 0 radical (unpaired) electrons. The molecule has 0 spiro atoms. The molecule has 2 rings (SSSR count). The quantitative estimate of drug-likeness (QED) is 0.886. The molecule has 0 aliphatic carbocycles. The first-order chi connectivity index (χ1) is 9.99. The summed E-state index contributed by atoms with van der Waals surface area (Å²) < 4.78 is 37.9. The molecule has 1 heterocycles. The number of rotatable bonds is 5. The monoisotopic (exact) mass is 296 g/mol. The summed E-state index contributed by atoms with van der Waals surface area (Å²) in [4.78, 5) is 8.21. The van der Waals surface area contributed by atoms with Crippen LogP contribution in [0.1, 0.15) is 18.1 Å². The molecule has 1 aromatic heterocycles. The Morgan fingerprint density at radius 2 is 1.95 bits per heavy atom. The zero-order valence-corrected chi connectivity index (χ0v) is 11.4. The number of nitrogens with zero attached hydrogens (tertiary/aromatic N) is 2. The van der Waals surface area contributed by atoms with Gasteiger partial charge in [0.2, 0.25) is 5.95 Å². The minimum Gasteiger partial charge on any atom is -0.366 e. The van der Waals surface area contributed by atoms with E-state index in [9.17, 15) is 13.2 Å². The van der Waals surface area contributed by atoms with Gasteiger partial charge in [0.15, 0.2) is 0 Å². The van der Waals surface area contributed by atoms with Gasteiger partial charge in [-0.3, -0.25) is 0 Å². The largest absolute Gasteiger partial charge is 0.416 e. The molecule has 0 amide bonds. The lowest BCUT2D eigenvalue weighted by atomic mass is 10.1. The number of aromatic nitrogens is 2. The smallest absolute Gasteiger partial charge is 0.366 e. The van der Waals surface area contributed by atoms with Crippen molar-refractivity contribution in [2.45, 2.75) is 19.6 Å². The van der Waals surface area contributed by atoms with Crippen molar-refractivity contribution in [1.82, 2.24) is 9.97 Å². The predicted molar refractivity (Wildman–Crippen MR) is 75.0 cm³/mol. The molecule has 4 nitrogen and oxygen atoms in total. The molecule has 2 aromatic rings. The summed E-state index contributed by atoms with van der Waals surface area (Å²) in [5, 5.41) is 5.94. The van der Waals surface area contributed by atoms with Crippen LogP contribution in [0.2, 0.25) is 0 Å². The van der Waals surface area contributed by atoms with Crippen molar-refractivity contribution < 1.29 is 13.2 Å². The fourth-order valence-corrected chi connectivity index (χ4v) is 1.75. The molecule has 7 heteroatoms. The first kappa shape index (κ1) is 15.1. The van der Waals surface area contributed by atoms with Gasteiger partial charge in [0.25, 0.3) is 0 Å². The van der Waals surface area contributed by atoms with Crippen molar-refractivity contribution in [3.05, 3.63) is 47.7 Å². The van der Waals surface area contributed by atoms with Crippen LogP contribution in [0.3, 0.4) is 0 Å². The molecule has 0 aliphatic heterocycles. The highest BCUT2D eigenvalue weighted by atomic mass is 19.4. The van der Waals surface area contributed by atoms with E-state index in [0.717, 1.165) is 12.1 Å². The Kier molecular flexibility index (Phi) is 4.62. The number of benzene rings is 1. The fourth-order valence-electron chi connectivity index (χ4n) is 1.75. The van der Waals surface area contributed by atoms with Crippen LogP contribution in [0.25, 0.3) is 0 Å². The SMILES string of the molecule is CCNc1nccc(NCc2cccc(C(F)(F)F)c2)n1. The van der Waals surface area contributed by atoms with E-state index in [2.05, 4.69) is 20.6 Å². The van der Waals surface area contributed by atoms with Gasteiger partial charge in [-0.05, 0) is 30.7 Å². The maximum atomic E-state index is 12.6. The van der Waals surface area contributed by atoms with Crippen LogP contribution >= 0.6 is 0 Å². The number of alkyl halides is 3. The Bertz CT molecular complexity index is 599. The zero-order chi connectivity index (χ0) is 15.3. The van der Waals surface area contributed by atoms with E-state index < -0.39 is 11.7 Å². The van der Waals surface area contributed by atoms with E-state index in [0.29, 0.717) is 23.9 Å². The van der Waals surface area contributed by atoms with Crippen LogP contribution in [-0.4, -0.2) is 16.5 Å². The molecule has 0 atom stereocenters. The summed E-state index contributed by atoms with van der Waals surface area (Å²) in [6.07, 6.45) is -2.75. The van der Waals surface area contributed by atoms with Gasteiger partial charge in [-0.25, -0.2) is 4.98 Å². The van der Waals surface area contributed by atoms with Crippen molar-refractivity contribution in [3.8, 4) is 0 Å². The van der Waals surface area contributed by atoms with Gasteiger partial charge >= 0.3 is 6.18 Å². The number of hydrogen-bond acceptors (Lipinski definition) is 4. The molecular formula is C14H15F3N4. The van der Waals surface area contributed by atoms with Crippen LogP contribution in [-0.2, 0) is 12.7 Å². The first-order valence-corrected chi connectivity index (χ1v) is 6.46. The highest BCUT2D eigenvalue weighted by Gasteiger charge is 2.30. The summed E-state index contributed by atoms with van der Waals surface area (Å²) in [7, 11) is 0. The van der Waals surface area contributed by atoms with Crippen LogP contribution in [0.15, 0.2) is 36.5 Å². The van der Waals surface area contributed by atoms with Gasteiger partial charge in [0.05, 0.1) is 5.56 Å². The van der Waals surface area contributed by atoms with Gasteiger partial charge in [-0.1, -0.05) is 12.1 Å². The van der Waals surface area contributed by atoms with Gasteiger partial charge in [-0.15, -0.1) is 0 Å². The maximum Gasteiger partial charge on any atom is 0.416 e. The molecule has 21 heavy (non-hydrogen) atoms. The average Bonchev–Trinajstić information content (AvgIpc) is 2.45. The second-order valence-electron chi connectivity index (χ2n) is 4.35. The third-order valence-electron chi connectivity index (χ3n) is 2.72. The van der Waals surface area contributed by atoms with Crippen molar-refractivity contribution in [1.29, 1.82) is 0 Å². The van der Waals surface area contributed by atoms with E-state index in [1.165, 1.54) is 6.07 Å². The van der Waals surface area contributed by atoms with Crippen LogP contribution in [0.5, 0.6) is 0 Å². The normalized spacial score (nSPS) is 11.2. The zero-order valence-electron chi connectivity index (χ0n) is 11.4. The Morgan fingerprint density at radius 1 is 1.14 bits per heavy atom. The topological polar surface area (TPSA) is 49.8 Å². The highest BCUT2D eigenvalue weighted by Crippen LogP contribution is 2.29. The van der Waals surface area contributed by atoms with Crippen molar-refractivity contribution in [2.24, 2.45) is 0 Å². The molecule has 0 fully saturated rings. The first-order valence-electron chi connectivity index (χ1n) is 6.46. The Hall–Kier alpha value is -2.31. The standard InChI is InChI=1S/C14H15F3N4/c1-2-18-13-19-7-6-12(21-13)20-9-10-4-3-5-11(8-10)14(15,16)17/h3-8H,2,9H2,1H3,(H2,18,19,20,21). The molecule has 0 aliphatic rings. The second kappa shape index (κ2) is 6.43. The van der Waals surface area contributed by atoms with Crippen molar-refractivity contribution in [3.63, 3.8) is 0 Å². The van der Waals surface area contributed by atoms with Gasteiger partial charge in [-0.2, -0.15) is 18.2 Å². The van der Waals surface area contributed by atoms with Crippen LogP contribution < -0.4 is 10.6 Å². The number of hydrogen-bond donors (Lipinski definition) is 2. The van der Waals surface area contributed by atoms with Gasteiger partial charge < -0.3 is 10.6 Å². The molecule has 2 N–H and O–H groups in total. The van der Waals surface area contributed by atoms with Crippen LogP contribution in [0.4, 0.5) is 24.9 Å². The maximum absolute atomic E-state index is 12.6. The third-order valence-corrected chi connectivity index (χ3v) is 2.72. The lowest BCUT2D eigenvalue weighted by Crippen LogP contribution is -2.08. The van der Waals surface area contributed by atoms with Crippen molar-refractivity contribution >= 4 is 11.8 Å². The molecule has 0 unspecified atom stereocenters. The third kappa shape index (κ3) is 4.34. The van der Waals surface area contributed by atoms with E-state index in [-0.39, 0.29) is 6.54 Å². The average molecular weight is 296 g/mol. The summed E-state index contributed by atoms with van der Waals surface area (Å²) in [6.45, 7) is 2.87.